The van der Waals surface area contributed by atoms with E-state index in [1.54, 1.807) is 4.90 Å². The van der Waals surface area contributed by atoms with Gasteiger partial charge in [0, 0.05) is 19.6 Å². The fourth-order valence-corrected chi connectivity index (χ4v) is 3.85. The van der Waals surface area contributed by atoms with Gasteiger partial charge >= 0.3 is 6.03 Å². The number of urea groups is 1. The first-order chi connectivity index (χ1) is 13.3. The molecular formula is C22H31N3O3. The van der Waals surface area contributed by atoms with Gasteiger partial charge in [0.1, 0.15) is 6.04 Å². The van der Waals surface area contributed by atoms with Crippen molar-refractivity contribution in [1.29, 1.82) is 0 Å². The first-order valence-corrected chi connectivity index (χ1v) is 10.0. The van der Waals surface area contributed by atoms with Crippen LogP contribution in [0.5, 0.6) is 0 Å². The molecule has 2 aliphatic heterocycles. The van der Waals surface area contributed by atoms with Gasteiger partial charge in [-0.2, -0.15) is 0 Å². The zero-order valence-electron chi connectivity index (χ0n) is 17.2. The monoisotopic (exact) mass is 385 g/mol. The van der Waals surface area contributed by atoms with E-state index in [4.69, 9.17) is 4.74 Å². The van der Waals surface area contributed by atoms with Crippen molar-refractivity contribution in [3.05, 3.63) is 42.0 Å². The molecule has 0 spiro atoms. The first kappa shape index (κ1) is 20.4. The molecule has 0 radical (unpaired) electrons. The molecule has 1 aromatic rings. The summed E-state index contributed by atoms with van der Waals surface area (Å²) >= 11 is 0. The fraction of sp³-hybridized carbons (Fsp3) is 0.545. The van der Waals surface area contributed by atoms with Crippen LogP contribution in [-0.2, 0) is 15.1 Å². The molecule has 0 unspecified atom stereocenters. The molecule has 2 heterocycles. The Morgan fingerprint density at radius 2 is 1.93 bits per heavy atom. The van der Waals surface area contributed by atoms with E-state index in [2.05, 4.69) is 18.0 Å². The standard InChI is InChI=1S/C22H31N3O3/c1-16(2)17-7-5-8-18(15-17)22(3,4)23-21(27)25-10-6-9-19(25)20(26)24-11-13-28-14-12-24/h5,7-8,15,19H,1,6,9-14H2,2-4H3,(H,23,27)/t19-/m0/s1. The summed E-state index contributed by atoms with van der Waals surface area (Å²) in [4.78, 5) is 29.5. The molecular weight excluding hydrogens is 354 g/mol. The topological polar surface area (TPSA) is 61.9 Å². The van der Waals surface area contributed by atoms with Gasteiger partial charge in [0.2, 0.25) is 5.91 Å². The Balaban J connectivity index is 1.71. The molecule has 3 amide bonds. The van der Waals surface area contributed by atoms with Crippen molar-refractivity contribution >= 4 is 17.5 Å². The van der Waals surface area contributed by atoms with Gasteiger partial charge in [-0.15, -0.1) is 0 Å². The zero-order chi connectivity index (χ0) is 20.3. The van der Waals surface area contributed by atoms with Crippen LogP contribution in [0.25, 0.3) is 5.57 Å². The lowest BCUT2D eigenvalue weighted by Crippen LogP contribution is -2.55. The lowest BCUT2D eigenvalue weighted by atomic mass is 9.92. The van der Waals surface area contributed by atoms with E-state index in [-0.39, 0.29) is 18.0 Å². The molecule has 0 bridgehead atoms. The number of hydrogen-bond donors (Lipinski definition) is 1. The van der Waals surface area contributed by atoms with Crippen LogP contribution in [0.4, 0.5) is 4.79 Å². The van der Waals surface area contributed by atoms with E-state index >= 15 is 0 Å². The number of allylic oxidation sites excluding steroid dienone is 1. The molecule has 1 atom stereocenters. The largest absolute Gasteiger partial charge is 0.378 e. The molecule has 3 rings (SSSR count). The second-order valence-electron chi connectivity index (χ2n) is 8.21. The van der Waals surface area contributed by atoms with Crippen molar-refractivity contribution < 1.29 is 14.3 Å². The Bertz CT molecular complexity index is 753. The highest BCUT2D eigenvalue weighted by molar-refractivity contribution is 5.88. The van der Waals surface area contributed by atoms with Gasteiger partial charge < -0.3 is 19.9 Å². The minimum Gasteiger partial charge on any atom is -0.378 e. The summed E-state index contributed by atoms with van der Waals surface area (Å²) in [5, 5.41) is 3.13. The summed E-state index contributed by atoms with van der Waals surface area (Å²) in [5.74, 6) is 0.0398. The van der Waals surface area contributed by atoms with Crippen LogP contribution in [0.1, 0.15) is 44.7 Å². The van der Waals surface area contributed by atoms with Gasteiger partial charge in [0.25, 0.3) is 0 Å². The maximum absolute atomic E-state index is 13.1. The van der Waals surface area contributed by atoms with Gasteiger partial charge in [0.15, 0.2) is 0 Å². The number of likely N-dealkylation sites (tertiary alicyclic amines) is 1. The Kier molecular flexibility index (Phi) is 6.08. The lowest BCUT2D eigenvalue weighted by Gasteiger charge is -2.35. The Labute approximate surface area is 167 Å². The maximum Gasteiger partial charge on any atom is 0.318 e. The normalized spacial score (nSPS) is 20.2. The number of hydrogen-bond acceptors (Lipinski definition) is 3. The number of morpholine rings is 1. The van der Waals surface area contributed by atoms with Crippen LogP contribution in [0.3, 0.4) is 0 Å². The first-order valence-electron chi connectivity index (χ1n) is 10.0. The van der Waals surface area contributed by atoms with Crippen molar-refractivity contribution in [3.63, 3.8) is 0 Å². The number of nitrogens with one attached hydrogen (secondary N) is 1. The van der Waals surface area contributed by atoms with Crippen molar-refractivity contribution in [2.24, 2.45) is 0 Å². The quantitative estimate of drug-likeness (QED) is 0.867. The molecule has 2 fully saturated rings. The molecule has 2 aliphatic rings. The molecule has 0 aromatic heterocycles. The second-order valence-corrected chi connectivity index (χ2v) is 8.21. The number of rotatable bonds is 4. The van der Waals surface area contributed by atoms with Crippen LogP contribution in [0.2, 0.25) is 0 Å². The van der Waals surface area contributed by atoms with E-state index in [0.717, 1.165) is 29.5 Å². The summed E-state index contributed by atoms with van der Waals surface area (Å²) in [6, 6.07) is 7.50. The van der Waals surface area contributed by atoms with Crippen molar-refractivity contribution in [2.45, 2.75) is 45.2 Å². The Hall–Kier alpha value is -2.34. The minimum atomic E-state index is -0.558. The molecule has 6 heteroatoms. The van der Waals surface area contributed by atoms with E-state index in [9.17, 15) is 9.59 Å². The molecule has 1 N–H and O–H groups in total. The van der Waals surface area contributed by atoms with E-state index in [1.807, 2.05) is 43.9 Å². The summed E-state index contributed by atoms with van der Waals surface area (Å²) in [5.41, 5.74) is 2.50. The molecule has 28 heavy (non-hydrogen) atoms. The van der Waals surface area contributed by atoms with Crippen molar-refractivity contribution in [2.75, 3.05) is 32.8 Å². The number of ether oxygens (including phenoxy) is 1. The number of carbonyl (C=O) groups is 2. The molecule has 2 saturated heterocycles. The summed E-state index contributed by atoms with van der Waals surface area (Å²) in [6.07, 6.45) is 1.56. The highest BCUT2D eigenvalue weighted by atomic mass is 16.5. The van der Waals surface area contributed by atoms with E-state index in [0.29, 0.717) is 32.8 Å². The average molecular weight is 386 g/mol. The van der Waals surface area contributed by atoms with Crippen LogP contribution in [0.15, 0.2) is 30.8 Å². The highest BCUT2D eigenvalue weighted by Crippen LogP contribution is 2.26. The van der Waals surface area contributed by atoms with Crippen LogP contribution in [0, 0.1) is 0 Å². The van der Waals surface area contributed by atoms with Gasteiger partial charge in [-0.3, -0.25) is 4.79 Å². The average Bonchev–Trinajstić information content (AvgIpc) is 3.18. The van der Waals surface area contributed by atoms with E-state index in [1.165, 1.54) is 0 Å². The predicted molar refractivity (Wildman–Crippen MR) is 110 cm³/mol. The number of benzene rings is 1. The van der Waals surface area contributed by atoms with Crippen LogP contribution < -0.4 is 5.32 Å². The predicted octanol–water partition coefficient (Wildman–Crippen LogP) is 2.99. The summed E-state index contributed by atoms with van der Waals surface area (Å²) in [7, 11) is 0. The smallest absolute Gasteiger partial charge is 0.318 e. The molecule has 0 saturated carbocycles. The summed E-state index contributed by atoms with van der Waals surface area (Å²) in [6.45, 7) is 12.9. The maximum atomic E-state index is 13.1. The third kappa shape index (κ3) is 4.38. The van der Waals surface area contributed by atoms with E-state index < -0.39 is 5.54 Å². The third-order valence-electron chi connectivity index (χ3n) is 5.62. The Morgan fingerprint density at radius 1 is 1.21 bits per heavy atom. The fourth-order valence-electron chi connectivity index (χ4n) is 3.85. The lowest BCUT2D eigenvalue weighted by molar-refractivity contribution is -0.139. The second kappa shape index (κ2) is 8.35. The number of carbonyl (C=O) groups excluding carboxylic acids is 2. The minimum absolute atomic E-state index is 0.0398. The van der Waals surface area contributed by atoms with Gasteiger partial charge in [-0.25, -0.2) is 4.79 Å². The number of amides is 3. The molecule has 152 valence electrons. The van der Waals surface area contributed by atoms with Crippen molar-refractivity contribution in [3.8, 4) is 0 Å². The molecule has 6 nitrogen and oxygen atoms in total. The zero-order valence-corrected chi connectivity index (χ0v) is 17.2. The number of nitrogens with zero attached hydrogens (tertiary/aromatic N) is 2. The molecule has 1 aromatic carbocycles. The van der Waals surface area contributed by atoms with Crippen LogP contribution >= 0.6 is 0 Å². The van der Waals surface area contributed by atoms with Gasteiger partial charge in [0.05, 0.1) is 18.8 Å². The van der Waals surface area contributed by atoms with Crippen molar-refractivity contribution in [1.82, 2.24) is 15.1 Å². The van der Waals surface area contributed by atoms with Crippen LogP contribution in [-0.4, -0.2) is 60.6 Å². The third-order valence-corrected chi connectivity index (χ3v) is 5.62. The summed E-state index contributed by atoms with van der Waals surface area (Å²) < 4.78 is 5.34. The Morgan fingerprint density at radius 3 is 2.61 bits per heavy atom. The van der Waals surface area contributed by atoms with Gasteiger partial charge in [-0.1, -0.05) is 30.4 Å². The SMILES string of the molecule is C=C(C)c1cccc(C(C)(C)NC(=O)N2CCC[C@H]2C(=O)N2CCOCC2)c1. The molecule has 0 aliphatic carbocycles. The highest BCUT2D eigenvalue weighted by Gasteiger charge is 2.38. The van der Waals surface area contributed by atoms with Gasteiger partial charge in [-0.05, 0) is 50.8 Å².